The number of alkyl halides is 3. The van der Waals surface area contributed by atoms with Crippen molar-refractivity contribution in [3.05, 3.63) is 52.9 Å². The summed E-state index contributed by atoms with van der Waals surface area (Å²) in [4.78, 5) is 17.9. The van der Waals surface area contributed by atoms with Gasteiger partial charge in [-0.05, 0) is 31.2 Å². The number of thiazole rings is 1. The molecule has 9 heteroatoms. The summed E-state index contributed by atoms with van der Waals surface area (Å²) in [7, 11) is 1.37. The molecule has 3 rings (SSSR count). The SMILES string of the molecule is Cc1ccc([C@@](O)(CC(=O)N(C)Cc2nc3ccccc3s2)C(F)(F)F)o1. The average molecular weight is 398 g/mol. The number of rotatable bonds is 5. The van der Waals surface area contributed by atoms with E-state index in [9.17, 15) is 23.1 Å². The number of fused-ring (bicyclic) bond motifs is 1. The number of aliphatic hydroxyl groups is 1. The Kier molecular flexibility index (Phi) is 5.00. The molecule has 0 bridgehead atoms. The summed E-state index contributed by atoms with van der Waals surface area (Å²) in [5.74, 6) is -1.36. The van der Waals surface area contributed by atoms with E-state index in [1.807, 2.05) is 24.3 Å². The van der Waals surface area contributed by atoms with Gasteiger partial charge in [-0.2, -0.15) is 13.2 Å². The van der Waals surface area contributed by atoms with E-state index in [1.165, 1.54) is 31.4 Å². The highest BCUT2D eigenvalue weighted by molar-refractivity contribution is 7.18. The molecule has 27 heavy (non-hydrogen) atoms. The van der Waals surface area contributed by atoms with Crippen LogP contribution in [0.3, 0.4) is 0 Å². The molecule has 5 nitrogen and oxygen atoms in total. The van der Waals surface area contributed by atoms with Gasteiger partial charge in [0, 0.05) is 7.05 Å². The van der Waals surface area contributed by atoms with Gasteiger partial charge < -0.3 is 14.4 Å². The molecular formula is C18H17F3N2O3S. The van der Waals surface area contributed by atoms with Crippen LogP contribution in [0.5, 0.6) is 0 Å². The van der Waals surface area contributed by atoms with Crippen LogP contribution >= 0.6 is 11.3 Å². The smallest absolute Gasteiger partial charge is 0.425 e. The summed E-state index contributed by atoms with van der Waals surface area (Å²) in [6.07, 6.45) is -6.24. The van der Waals surface area contributed by atoms with Crippen molar-refractivity contribution < 1.29 is 27.5 Å². The molecule has 0 aliphatic heterocycles. The van der Waals surface area contributed by atoms with Crippen LogP contribution in [-0.4, -0.2) is 34.1 Å². The lowest BCUT2D eigenvalue weighted by molar-refractivity contribution is -0.274. The van der Waals surface area contributed by atoms with E-state index in [4.69, 9.17) is 4.42 Å². The van der Waals surface area contributed by atoms with Crippen LogP contribution in [0.4, 0.5) is 13.2 Å². The lowest BCUT2D eigenvalue weighted by Gasteiger charge is -2.29. The van der Waals surface area contributed by atoms with Gasteiger partial charge in [0.1, 0.15) is 16.5 Å². The highest BCUT2D eigenvalue weighted by atomic mass is 32.1. The van der Waals surface area contributed by atoms with Gasteiger partial charge in [0.2, 0.25) is 11.5 Å². The number of halogens is 3. The van der Waals surface area contributed by atoms with Crippen LogP contribution in [0.1, 0.15) is 22.9 Å². The number of hydrogen-bond donors (Lipinski definition) is 1. The molecule has 2 aromatic heterocycles. The van der Waals surface area contributed by atoms with Crippen molar-refractivity contribution in [1.29, 1.82) is 0 Å². The Hall–Kier alpha value is -2.39. The van der Waals surface area contributed by atoms with Crippen molar-refractivity contribution in [2.75, 3.05) is 7.05 Å². The van der Waals surface area contributed by atoms with E-state index < -0.39 is 29.9 Å². The van der Waals surface area contributed by atoms with E-state index in [2.05, 4.69) is 4.98 Å². The molecule has 144 valence electrons. The van der Waals surface area contributed by atoms with Crippen molar-refractivity contribution in [2.45, 2.75) is 31.7 Å². The molecule has 0 aliphatic rings. The standard InChI is InChI=1S/C18H17F3N2O3S/c1-11-7-8-14(26-11)17(25,18(19,20)21)9-16(24)23(2)10-15-22-12-5-3-4-6-13(12)27-15/h3-8,25H,9-10H2,1-2H3/t17-/m0/s1. The highest BCUT2D eigenvalue weighted by Crippen LogP contribution is 2.42. The average Bonchev–Trinajstić information content (AvgIpc) is 3.19. The first-order valence-corrected chi connectivity index (χ1v) is 8.86. The summed E-state index contributed by atoms with van der Waals surface area (Å²) in [6.45, 7) is 1.50. The molecule has 1 amide bonds. The Balaban J connectivity index is 1.78. The van der Waals surface area contributed by atoms with Crippen LogP contribution in [0.2, 0.25) is 0 Å². The number of hydrogen-bond acceptors (Lipinski definition) is 5. The van der Waals surface area contributed by atoms with Crippen molar-refractivity contribution in [3.63, 3.8) is 0 Å². The molecule has 0 spiro atoms. The Bertz CT molecular complexity index is 933. The fourth-order valence-corrected chi connectivity index (χ4v) is 3.64. The van der Waals surface area contributed by atoms with E-state index in [-0.39, 0.29) is 12.3 Å². The molecule has 3 aromatic rings. The molecule has 0 saturated carbocycles. The molecule has 1 atom stereocenters. The molecule has 0 unspecified atom stereocenters. The van der Waals surface area contributed by atoms with Crippen molar-refractivity contribution in [3.8, 4) is 0 Å². The fraction of sp³-hybridized carbons (Fsp3) is 0.333. The Morgan fingerprint density at radius 2 is 1.96 bits per heavy atom. The van der Waals surface area contributed by atoms with Crippen LogP contribution in [-0.2, 0) is 16.9 Å². The summed E-state index contributed by atoms with van der Waals surface area (Å²) in [5, 5.41) is 10.8. The maximum atomic E-state index is 13.5. The Morgan fingerprint density at radius 3 is 2.56 bits per heavy atom. The van der Waals surface area contributed by atoms with Gasteiger partial charge in [-0.3, -0.25) is 4.79 Å². The van der Waals surface area contributed by atoms with Gasteiger partial charge >= 0.3 is 6.18 Å². The number of aromatic nitrogens is 1. The molecule has 0 fully saturated rings. The van der Waals surface area contributed by atoms with Gasteiger partial charge in [-0.15, -0.1) is 11.3 Å². The second-order valence-corrected chi connectivity index (χ2v) is 7.39. The third-order valence-electron chi connectivity index (χ3n) is 4.16. The lowest BCUT2D eigenvalue weighted by Crippen LogP contribution is -2.46. The number of furan rings is 1. The maximum Gasteiger partial charge on any atom is 0.425 e. The summed E-state index contributed by atoms with van der Waals surface area (Å²) in [6, 6.07) is 9.72. The number of aryl methyl sites for hydroxylation is 1. The minimum atomic E-state index is -5.07. The number of benzene rings is 1. The van der Waals surface area contributed by atoms with Crippen molar-refractivity contribution in [1.82, 2.24) is 9.88 Å². The monoisotopic (exact) mass is 398 g/mol. The molecule has 0 aliphatic carbocycles. The van der Waals surface area contributed by atoms with Gasteiger partial charge in [0.25, 0.3) is 0 Å². The van der Waals surface area contributed by atoms with Gasteiger partial charge in [-0.25, -0.2) is 4.98 Å². The number of para-hydroxylation sites is 1. The third-order valence-corrected chi connectivity index (χ3v) is 5.18. The predicted octanol–water partition coefficient (Wildman–Crippen LogP) is 4.00. The normalized spacial score (nSPS) is 14.3. The minimum absolute atomic E-state index is 0.0449. The summed E-state index contributed by atoms with van der Waals surface area (Å²) < 4.78 is 46.4. The number of amides is 1. The first-order valence-electron chi connectivity index (χ1n) is 8.04. The molecule has 2 heterocycles. The Labute approximate surface area is 157 Å². The van der Waals surface area contributed by atoms with E-state index in [0.29, 0.717) is 5.01 Å². The predicted molar refractivity (Wildman–Crippen MR) is 94.1 cm³/mol. The van der Waals surface area contributed by atoms with Gasteiger partial charge in [-0.1, -0.05) is 12.1 Å². The molecule has 0 saturated heterocycles. The molecular weight excluding hydrogens is 381 g/mol. The van der Waals surface area contributed by atoms with E-state index in [1.54, 1.807) is 0 Å². The van der Waals surface area contributed by atoms with Gasteiger partial charge in [0.15, 0.2) is 0 Å². The van der Waals surface area contributed by atoms with Gasteiger partial charge in [0.05, 0.1) is 23.2 Å². The van der Waals surface area contributed by atoms with Crippen LogP contribution in [0.15, 0.2) is 40.8 Å². The maximum absolute atomic E-state index is 13.5. The van der Waals surface area contributed by atoms with Crippen LogP contribution < -0.4 is 0 Å². The van der Waals surface area contributed by atoms with Crippen LogP contribution in [0.25, 0.3) is 10.2 Å². The number of nitrogens with zero attached hydrogens (tertiary/aromatic N) is 2. The summed E-state index contributed by atoms with van der Waals surface area (Å²) in [5.41, 5.74) is -2.63. The molecule has 1 N–H and O–H groups in total. The first kappa shape index (κ1) is 19.4. The zero-order chi connectivity index (χ0) is 19.8. The third kappa shape index (κ3) is 3.84. The van der Waals surface area contributed by atoms with Crippen molar-refractivity contribution in [2.24, 2.45) is 0 Å². The quantitative estimate of drug-likeness (QED) is 0.706. The zero-order valence-corrected chi connectivity index (χ0v) is 15.4. The highest BCUT2D eigenvalue weighted by Gasteiger charge is 2.58. The summed E-state index contributed by atoms with van der Waals surface area (Å²) >= 11 is 1.36. The van der Waals surface area contributed by atoms with E-state index >= 15 is 0 Å². The van der Waals surface area contributed by atoms with Crippen molar-refractivity contribution >= 4 is 27.5 Å². The number of carbonyl (C=O) groups is 1. The first-order chi connectivity index (χ1) is 12.6. The zero-order valence-electron chi connectivity index (χ0n) is 14.6. The minimum Gasteiger partial charge on any atom is -0.463 e. The largest absolute Gasteiger partial charge is 0.463 e. The topological polar surface area (TPSA) is 66.6 Å². The fourth-order valence-electron chi connectivity index (χ4n) is 2.62. The van der Waals surface area contributed by atoms with E-state index in [0.717, 1.165) is 21.2 Å². The lowest BCUT2D eigenvalue weighted by atomic mass is 9.95. The number of carbonyl (C=O) groups excluding carboxylic acids is 1. The second kappa shape index (κ2) is 6.97. The van der Waals surface area contributed by atoms with Crippen LogP contribution in [0, 0.1) is 6.92 Å². The Morgan fingerprint density at radius 1 is 1.26 bits per heavy atom. The molecule has 0 radical (unpaired) electrons. The second-order valence-electron chi connectivity index (χ2n) is 6.27. The molecule has 1 aromatic carbocycles.